The summed E-state index contributed by atoms with van der Waals surface area (Å²) in [5, 5.41) is 3.28. The lowest BCUT2D eigenvalue weighted by Crippen LogP contribution is -2.35. The minimum absolute atomic E-state index is 0.188. The van der Waals surface area contributed by atoms with Crippen molar-refractivity contribution in [2.45, 2.75) is 25.8 Å². The van der Waals surface area contributed by atoms with Gasteiger partial charge in [-0.25, -0.2) is 8.42 Å². The fourth-order valence-electron chi connectivity index (χ4n) is 2.18. The van der Waals surface area contributed by atoms with E-state index in [1.54, 1.807) is 0 Å². The molecule has 0 aromatic heterocycles. The number of aryl methyl sites for hydroxylation is 1. The van der Waals surface area contributed by atoms with Gasteiger partial charge in [0.1, 0.15) is 0 Å². The van der Waals surface area contributed by atoms with Gasteiger partial charge in [-0.1, -0.05) is 6.07 Å². The Morgan fingerprint density at radius 2 is 2.12 bits per heavy atom. The van der Waals surface area contributed by atoms with Gasteiger partial charge in [0.05, 0.1) is 11.5 Å². The van der Waals surface area contributed by atoms with Gasteiger partial charge >= 0.3 is 0 Å². The molecular formula is C12H18N2O2S. The largest absolute Gasteiger partial charge is 0.398 e. The molecule has 0 bridgehead atoms. The third-order valence-electron chi connectivity index (χ3n) is 3.23. The first-order valence-electron chi connectivity index (χ1n) is 5.64. The lowest BCUT2D eigenvalue weighted by Gasteiger charge is -2.25. The summed E-state index contributed by atoms with van der Waals surface area (Å²) in [5.74, 6) is 0.450. The van der Waals surface area contributed by atoms with Crippen molar-refractivity contribution in [2.75, 3.05) is 22.6 Å². The van der Waals surface area contributed by atoms with Crippen LogP contribution in [0, 0.1) is 6.92 Å². The van der Waals surface area contributed by atoms with Crippen LogP contribution in [-0.2, 0) is 9.84 Å². The molecule has 1 heterocycles. The molecule has 0 saturated carbocycles. The van der Waals surface area contributed by atoms with Crippen LogP contribution in [0.2, 0.25) is 0 Å². The van der Waals surface area contributed by atoms with E-state index in [1.165, 1.54) is 0 Å². The maximum absolute atomic E-state index is 11.5. The van der Waals surface area contributed by atoms with Crippen LogP contribution < -0.4 is 11.1 Å². The summed E-state index contributed by atoms with van der Waals surface area (Å²) >= 11 is 0. The van der Waals surface area contributed by atoms with E-state index in [0.717, 1.165) is 16.9 Å². The zero-order chi connectivity index (χ0) is 12.7. The molecule has 3 N–H and O–H groups in total. The molecule has 1 fully saturated rings. The molecule has 1 aromatic carbocycles. The second kappa shape index (κ2) is 3.91. The number of benzene rings is 1. The molecule has 4 nitrogen and oxygen atoms in total. The molecule has 1 unspecified atom stereocenters. The maximum atomic E-state index is 11.5. The molecule has 0 spiro atoms. The van der Waals surface area contributed by atoms with Crippen molar-refractivity contribution in [1.82, 2.24) is 0 Å². The molecule has 1 aromatic rings. The highest BCUT2D eigenvalue weighted by atomic mass is 32.2. The van der Waals surface area contributed by atoms with Crippen LogP contribution in [0.15, 0.2) is 18.2 Å². The molecule has 1 saturated heterocycles. The van der Waals surface area contributed by atoms with Gasteiger partial charge in [0.2, 0.25) is 0 Å². The van der Waals surface area contributed by atoms with Gasteiger partial charge in [-0.05, 0) is 38.0 Å². The number of hydrogen-bond donors (Lipinski definition) is 2. The predicted molar refractivity (Wildman–Crippen MR) is 70.9 cm³/mol. The number of nitrogens with one attached hydrogen (secondary N) is 1. The van der Waals surface area contributed by atoms with Gasteiger partial charge in [0.25, 0.3) is 0 Å². The Hall–Kier alpha value is -1.23. The number of nitrogen functional groups attached to an aromatic ring is 1. The predicted octanol–water partition coefficient (Wildman–Crippen LogP) is 1.57. The number of hydrogen-bond acceptors (Lipinski definition) is 4. The Labute approximate surface area is 102 Å². The highest BCUT2D eigenvalue weighted by Crippen LogP contribution is 2.28. The minimum Gasteiger partial charge on any atom is -0.398 e. The first kappa shape index (κ1) is 12.2. The van der Waals surface area contributed by atoms with Gasteiger partial charge in [0, 0.05) is 16.9 Å². The molecule has 0 amide bonds. The van der Waals surface area contributed by atoms with E-state index >= 15 is 0 Å². The quantitative estimate of drug-likeness (QED) is 0.786. The Bertz CT molecular complexity index is 539. The first-order chi connectivity index (χ1) is 7.80. The van der Waals surface area contributed by atoms with Crippen molar-refractivity contribution in [1.29, 1.82) is 0 Å². The Morgan fingerprint density at radius 1 is 1.41 bits per heavy atom. The normalized spacial score (nSPS) is 26.9. The van der Waals surface area contributed by atoms with Crippen LogP contribution >= 0.6 is 0 Å². The molecule has 0 radical (unpaired) electrons. The zero-order valence-electron chi connectivity index (χ0n) is 10.2. The Balaban J connectivity index is 2.19. The van der Waals surface area contributed by atoms with Crippen LogP contribution in [0.1, 0.15) is 18.9 Å². The van der Waals surface area contributed by atoms with E-state index in [0.29, 0.717) is 6.42 Å². The average Bonchev–Trinajstić information content (AvgIpc) is 2.47. The molecule has 1 aliphatic heterocycles. The highest BCUT2D eigenvalue weighted by Gasteiger charge is 2.38. The van der Waals surface area contributed by atoms with Gasteiger partial charge < -0.3 is 11.1 Å². The smallest absolute Gasteiger partial charge is 0.152 e. The molecule has 0 aliphatic carbocycles. The summed E-state index contributed by atoms with van der Waals surface area (Å²) in [5.41, 5.74) is 8.09. The summed E-state index contributed by atoms with van der Waals surface area (Å²) in [7, 11) is -2.89. The van der Waals surface area contributed by atoms with Gasteiger partial charge in [-0.2, -0.15) is 0 Å². The number of nitrogens with two attached hydrogens (primary N) is 1. The fourth-order valence-corrected chi connectivity index (χ4v) is 4.27. The summed E-state index contributed by atoms with van der Waals surface area (Å²) in [6, 6.07) is 5.72. The van der Waals surface area contributed by atoms with Crippen molar-refractivity contribution < 1.29 is 8.42 Å². The van der Waals surface area contributed by atoms with E-state index in [9.17, 15) is 8.42 Å². The van der Waals surface area contributed by atoms with Crippen molar-refractivity contribution in [3.05, 3.63) is 23.8 Å². The lowest BCUT2D eigenvalue weighted by atomic mass is 10.0. The summed E-state index contributed by atoms with van der Waals surface area (Å²) in [6.45, 7) is 3.88. The van der Waals surface area contributed by atoms with Crippen molar-refractivity contribution in [2.24, 2.45) is 0 Å². The van der Waals surface area contributed by atoms with E-state index in [1.807, 2.05) is 32.0 Å². The fraction of sp³-hybridized carbons (Fsp3) is 0.500. The number of anilines is 2. The van der Waals surface area contributed by atoms with Crippen LogP contribution in [0.5, 0.6) is 0 Å². The zero-order valence-corrected chi connectivity index (χ0v) is 11.0. The average molecular weight is 254 g/mol. The van der Waals surface area contributed by atoms with Crippen LogP contribution in [-0.4, -0.2) is 25.5 Å². The molecule has 1 aliphatic rings. The van der Waals surface area contributed by atoms with Crippen LogP contribution in [0.25, 0.3) is 0 Å². The third kappa shape index (κ3) is 2.72. The van der Waals surface area contributed by atoms with E-state index in [-0.39, 0.29) is 17.0 Å². The van der Waals surface area contributed by atoms with Crippen molar-refractivity contribution >= 4 is 21.2 Å². The second-order valence-corrected chi connectivity index (χ2v) is 7.28. The standard InChI is InChI=1S/C12H18N2O2S/c1-9-3-4-10(7-11(9)13)14-12(2)5-6-17(15,16)8-12/h3-4,7,14H,5-6,8,13H2,1-2H3. The van der Waals surface area contributed by atoms with Crippen LogP contribution in [0.3, 0.4) is 0 Å². The van der Waals surface area contributed by atoms with Gasteiger partial charge in [-0.15, -0.1) is 0 Å². The summed E-state index contributed by atoms with van der Waals surface area (Å²) < 4.78 is 23.0. The number of sulfone groups is 1. The minimum atomic E-state index is -2.89. The monoisotopic (exact) mass is 254 g/mol. The van der Waals surface area contributed by atoms with Crippen molar-refractivity contribution in [3.8, 4) is 0 Å². The van der Waals surface area contributed by atoms with Crippen molar-refractivity contribution in [3.63, 3.8) is 0 Å². The summed E-state index contributed by atoms with van der Waals surface area (Å²) in [6.07, 6.45) is 0.642. The molecule has 94 valence electrons. The Kier molecular flexibility index (Phi) is 2.81. The van der Waals surface area contributed by atoms with E-state index in [4.69, 9.17) is 5.73 Å². The summed E-state index contributed by atoms with van der Waals surface area (Å²) in [4.78, 5) is 0. The highest BCUT2D eigenvalue weighted by molar-refractivity contribution is 7.91. The second-order valence-electron chi connectivity index (χ2n) is 5.10. The molecule has 17 heavy (non-hydrogen) atoms. The van der Waals surface area contributed by atoms with Crippen LogP contribution in [0.4, 0.5) is 11.4 Å². The van der Waals surface area contributed by atoms with E-state index in [2.05, 4.69) is 5.32 Å². The first-order valence-corrected chi connectivity index (χ1v) is 7.47. The lowest BCUT2D eigenvalue weighted by molar-refractivity contribution is 0.574. The maximum Gasteiger partial charge on any atom is 0.152 e. The van der Waals surface area contributed by atoms with Gasteiger partial charge in [0.15, 0.2) is 9.84 Å². The van der Waals surface area contributed by atoms with Gasteiger partial charge in [-0.3, -0.25) is 0 Å². The molecule has 1 atom stereocenters. The topological polar surface area (TPSA) is 72.2 Å². The molecular weight excluding hydrogens is 236 g/mol. The SMILES string of the molecule is Cc1ccc(NC2(C)CCS(=O)(=O)C2)cc1N. The third-order valence-corrected chi connectivity index (χ3v) is 5.13. The van der Waals surface area contributed by atoms with E-state index < -0.39 is 9.84 Å². The number of rotatable bonds is 2. The molecule has 5 heteroatoms. The Morgan fingerprint density at radius 3 is 2.65 bits per heavy atom. The molecule has 2 rings (SSSR count).